The van der Waals surface area contributed by atoms with E-state index in [-0.39, 0.29) is 5.82 Å². The second kappa shape index (κ2) is 5.13. The summed E-state index contributed by atoms with van der Waals surface area (Å²) in [4.78, 5) is 6.76. The molecule has 1 saturated heterocycles. The Morgan fingerprint density at radius 1 is 1.47 bits per heavy atom. The molecule has 3 rings (SSSR count). The van der Waals surface area contributed by atoms with Crippen LogP contribution < -0.4 is 5.32 Å². The molecule has 0 spiro atoms. The zero-order valence-corrected chi connectivity index (χ0v) is 11.0. The van der Waals surface area contributed by atoms with Gasteiger partial charge >= 0.3 is 0 Å². The molecule has 1 atom stereocenters. The van der Waals surface area contributed by atoms with Crippen molar-refractivity contribution in [3.8, 4) is 0 Å². The van der Waals surface area contributed by atoms with E-state index in [9.17, 15) is 4.39 Å². The molecule has 0 radical (unpaired) electrons. The van der Waals surface area contributed by atoms with Gasteiger partial charge in [0.1, 0.15) is 5.82 Å². The number of likely N-dealkylation sites (tertiary alicyclic amines) is 1. The summed E-state index contributed by atoms with van der Waals surface area (Å²) in [5.74, 6) is 0.905. The van der Waals surface area contributed by atoms with Gasteiger partial charge in [-0.3, -0.25) is 0 Å². The minimum Gasteiger partial charge on any atom is -0.353 e. The van der Waals surface area contributed by atoms with Gasteiger partial charge in [0.2, 0.25) is 5.95 Å². The Morgan fingerprint density at radius 2 is 2.37 bits per heavy atom. The van der Waals surface area contributed by atoms with Gasteiger partial charge in [-0.25, -0.2) is 8.91 Å². The molecule has 5 nitrogen and oxygen atoms in total. The Bertz CT molecular complexity index is 567. The molecule has 0 bridgehead atoms. The van der Waals surface area contributed by atoms with E-state index in [1.807, 2.05) is 0 Å². The van der Waals surface area contributed by atoms with Crippen LogP contribution in [0.1, 0.15) is 13.3 Å². The molecule has 102 valence electrons. The topological polar surface area (TPSA) is 45.5 Å². The van der Waals surface area contributed by atoms with Crippen LogP contribution >= 0.6 is 0 Å². The zero-order chi connectivity index (χ0) is 13.2. The fraction of sp³-hybridized carbons (Fsp3) is 0.538. The summed E-state index contributed by atoms with van der Waals surface area (Å²) in [5, 5.41) is 7.46. The van der Waals surface area contributed by atoms with Gasteiger partial charge in [-0.15, -0.1) is 5.10 Å². The largest absolute Gasteiger partial charge is 0.353 e. The monoisotopic (exact) mass is 263 g/mol. The highest BCUT2D eigenvalue weighted by Crippen LogP contribution is 2.16. The van der Waals surface area contributed by atoms with Crippen LogP contribution in [-0.2, 0) is 0 Å². The highest BCUT2D eigenvalue weighted by molar-refractivity contribution is 5.43. The van der Waals surface area contributed by atoms with E-state index in [1.54, 1.807) is 6.07 Å². The van der Waals surface area contributed by atoms with Crippen LogP contribution in [0.15, 0.2) is 18.3 Å². The third kappa shape index (κ3) is 2.68. The molecule has 0 saturated carbocycles. The van der Waals surface area contributed by atoms with Crippen LogP contribution in [0.25, 0.3) is 5.65 Å². The molecule has 1 unspecified atom stereocenters. The van der Waals surface area contributed by atoms with Crippen molar-refractivity contribution in [3.05, 3.63) is 24.1 Å². The summed E-state index contributed by atoms with van der Waals surface area (Å²) < 4.78 is 14.5. The van der Waals surface area contributed by atoms with Crippen molar-refractivity contribution in [1.82, 2.24) is 19.5 Å². The van der Waals surface area contributed by atoms with E-state index in [0.717, 1.165) is 19.6 Å². The average molecular weight is 263 g/mol. The van der Waals surface area contributed by atoms with E-state index >= 15 is 0 Å². The number of halogens is 1. The van der Waals surface area contributed by atoms with Crippen molar-refractivity contribution in [2.75, 3.05) is 31.5 Å². The minimum atomic E-state index is -0.307. The Labute approximate surface area is 111 Å². The molecule has 3 heterocycles. The third-order valence-corrected chi connectivity index (χ3v) is 3.66. The maximum atomic E-state index is 13.0. The van der Waals surface area contributed by atoms with Gasteiger partial charge in [-0.05, 0) is 37.6 Å². The first-order valence-corrected chi connectivity index (χ1v) is 6.73. The molecule has 1 fully saturated rings. The number of fused-ring (bicyclic) bond motifs is 1. The van der Waals surface area contributed by atoms with Crippen LogP contribution in [0.4, 0.5) is 10.3 Å². The van der Waals surface area contributed by atoms with Gasteiger partial charge in [-0.2, -0.15) is 4.98 Å². The predicted molar refractivity (Wildman–Crippen MR) is 71.7 cm³/mol. The van der Waals surface area contributed by atoms with E-state index in [1.165, 1.54) is 29.7 Å². The number of aromatic nitrogens is 3. The average Bonchev–Trinajstić information content (AvgIpc) is 3.01. The van der Waals surface area contributed by atoms with Gasteiger partial charge in [-0.1, -0.05) is 6.92 Å². The van der Waals surface area contributed by atoms with Gasteiger partial charge in [0.15, 0.2) is 5.65 Å². The molecular formula is C13H18FN5. The number of hydrogen-bond donors (Lipinski definition) is 1. The summed E-state index contributed by atoms with van der Waals surface area (Å²) in [6.07, 6.45) is 2.55. The highest BCUT2D eigenvalue weighted by Gasteiger charge is 2.21. The lowest BCUT2D eigenvalue weighted by Gasteiger charge is -2.12. The maximum absolute atomic E-state index is 13.0. The molecule has 0 amide bonds. The molecule has 1 N–H and O–H groups in total. The third-order valence-electron chi connectivity index (χ3n) is 3.66. The summed E-state index contributed by atoms with van der Waals surface area (Å²) >= 11 is 0. The van der Waals surface area contributed by atoms with Gasteiger partial charge in [0, 0.05) is 13.1 Å². The molecule has 6 heteroatoms. The highest BCUT2D eigenvalue weighted by atomic mass is 19.1. The summed E-state index contributed by atoms with van der Waals surface area (Å²) in [6.45, 7) is 6.48. The SMILES string of the molecule is CCN1CCC(CNc2nc3ccc(F)cn3n2)C1. The molecular weight excluding hydrogens is 245 g/mol. The number of nitrogens with one attached hydrogen (secondary N) is 1. The van der Waals surface area contributed by atoms with Crippen molar-refractivity contribution >= 4 is 11.6 Å². The van der Waals surface area contributed by atoms with E-state index in [2.05, 4.69) is 27.2 Å². The standard InChI is InChI=1S/C13H18FN5/c1-2-18-6-5-10(8-18)7-15-13-16-12-4-3-11(14)9-19(12)17-13/h3-4,9-10H,2,5-8H2,1H3,(H,15,17). The summed E-state index contributed by atoms with van der Waals surface area (Å²) in [5.41, 5.74) is 0.658. The van der Waals surface area contributed by atoms with E-state index in [4.69, 9.17) is 0 Å². The lowest BCUT2D eigenvalue weighted by molar-refractivity contribution is 0.345. The predicted octanol–water partition coefficient (Wildman–Crippen LogP) is 1.62. The molecule has 1 aliphatic rings. The molecule has 2 aromatic heterocycles. The summed E-state index contributed by atoms with van der Waals surface area (Å²) in [6, 6.07) is 3.02. The smallest absolute Gasteiger partial charge is 0.243 e. The second-order valence-electron chi connectivity index (χ2n) is 5.01. The van der Waals surface area contributed by atoms with Crippen LogP contribution in [0.5, 0.6) is 0 Å². The molecule has 19 heavy (non-hydrogen) atoms. The van der Waals surface area contributed by atoms with Crippen molar-refractivity contribution in [2.45, 2.75) is 13.3 Å². The maximum Gasteiger partial charge on any atom is 0.243 e. The number of rotatable bonds is 4. The lowest BCUT2D eigenvalue weighted by Crippen LogP contribution is -2.22. The first-order valence-electron chi connectivity index (χ1n) is 6.73. The van der Waals surface area contributed by atoms with Gasteiger partial charge in [0.05, 0.1) is 6.20 Å². The van der Waals surface area contributed by atoms with Gasteiger partial charge < -0.3 is 10.2 Å². The van der Waals surface area contributed by atoms with E-state index < -0.39 is 0 Å². The number of nitrogens with zero attached hydrogens (tertiary/aromatic N) is 4. The Balaban J connectivity index is 1.62. The van der Waals surface area contributed by atoms with Crippen molar-refractivity contribution < 1.29 is 4.39 Å². The fourth-order valence-electron chi connectivity index (χ4n) is 2.54. The van der Waals surface area contributed by atoms with Crippen LogP contribution in [0, 0.1) is 11.7 Å². The number of anilines is 1. The molecule has 0 aromatic carbocycles. The number of hydrogen-bond acceptors (Lipinski definition) is 4. The minimum absolute atomic E-state index is 0.307. The van der Waals surface area contributed by atoms with Gasteiger partial charge in [0.25, 0.3) is 0 Å². The normalized spacial score (nSPS) is 20.2. The summed E-state index contributed by atoms with van der Waals surface area (Å²) in [7, 11) is 0. The Hall–Kier alpha value is -1.69. The molecule has 1 aliphatic heterocycles. The molecule has 2 aromatic rings. The second-order valence-corrected chi connectivity index (χ2v) is 5.01. The Kier molecular flexibility index (Phi) is 3.33. The lowest BCUT2D eigenvalue weighted by atomic mass is 10.1. The van der Waals surface area contributed by atoms with Crippen molar-refractivity contribution in [3.63, 3.8) is 0 Å². The van der Waals surface area contributed by atoms with Crippen molar-refractivity contribution in [2.24, 2.45) is 5.92 Å². The molecule has 0 aliphatic carbocycles. The number of pyridine rings is 1. The fourth-order valence-corrected chi connectivity index (χ4v) is 2.54. The van der Waals surface area contributed by atoms with Crippen LogP contribution in [-0.4, -0.2) is 45.7 Å². The first-order chi connectivity index (χ1) is 9.24. The van der Waals surface area contributed by atoms with Crippen molar-refractivity contribution in [1.29, 1.82) is 0 Å². The Morgan fingerprint density at radius 3 is 3.16 bits per heavy atom. The zero-order valence-electron chi connectivity index (χ0n) is 11.0. The van der Waals surface area contributed by atoms with E-state index in [0.29, 0.717) is 17.5 Å². The first kappa shape index (κ1) is 12.3. The quantitative estimate of drug-likeness (QED) is 0.910. The van der Waals surface area contributed by atoms with Crippen LogP contribution in [0.2, 0.25) is 0 Å². The van der Waals surface area contributed by atoms with Crippen LogP contribution in [0.3, 0.4) is 0 Å².